The number of hydrogen-bond acceptors (Lipinski definition) is 4. The lowest BCUT2D eigenvalue weighted by Crippen LogP contribution is -2.40. The number of thiophene rings is 1. The summed E-state index contributed by atoms with van der Waals surface area (Å²) in [6, 6.07) is 2.36. The van der Waals surface area contributed by atoms with E-state index in [9.17, 15) is 0 Å². The van der Waals surface area contributed by atoms with Gasteiger partial charge in [0.2, 0.25) is 0 Å². The minimum atomic E-state index is -0.0120. The summed E-state index contributed by atoms with van der Waals surface area (Å²) >= 11 is 5.21. The first-order valence-corrected chi connectivity index (χ1v) is 7.61. The number of halogens is 1. The van der Waals surface area contributed by atoms with Crippen LogP contribution in [0.4, 0.5) is 0 Å². The molecule has 1 aliphatic rings. The van der Waals surface area contributed by atoms with E-state index in [1.54, 1.807) is 11.3 Å². The quantitative estimate of drug-likeness (QED) is 0.877. The van der Waals surface area contributed by atoms with Crippen molar-refractivity contribution in [3.05, 3.63) is 20.8 Å². The van der Waals surface area contributed by atoms with Crippen LogP contribution in [0.3, 0.4) is 0 Å². The van der Waals surface area contributed by atoms with Gasteiger partial charge in [-0.15, -0.1) is 11.3 Å². The maximum atomic E-state index is 5.83. The van der Waals surface area contributed by atoms with Gasteiger partial charge in [-0.1, -0.05) is 0 Å². The fourth-order valence-electron chi connectivity index (χ4n) is 2.13. The second-order valence-electron chi connectivity index (χ2n) is 4.74. The molecular formula is C12H19BrN2OS. The van der Waals surface area contributed by atoms with Crippen LogP contribution in [0.2, 0.25) is 0 Å². The maximum absolute atomic E-state index is 5.83. The highest BCUT2D eigenvalue weighted by atomic mass is 79.9. The van der Waals surface area contributed by atoms with Gasteiger partial charge in [0.1, 0.15) is 0 Å². The Morgan fingerprint density at radius 2 is 2.53 bits per heavy atom. The molecule has 0 aliphatic carbocycles. The molecule has 96 valence electrons. The lowest BCUT2D eigenvalue weighted by atomic mass is 10.0. The summed E-state index contributed by atoms with van der Waals surface area (Å²) in [5.74, 6) is 0. The van der Waals surface area contributed by atoms with Crippen molar-refractivity contribution in [1.29, 1.82) is 0 Å². The number of nitrogens with one attached hydrogen (secondary N) is 1. The molecule has 1 aromatic heterocycles. The molecule has 17 heavy (non-hydrogen) atoms. The summed E-state index contributed by atoms with van der Waals surface area (Å²) in [5.41, 5.74) is 5.82. The first-order valence-electron chi connectivity index (χ1n) is 5.94. The van der Waals surface area contributed by atoms with Crippen molar-refractivity contribution < 1.29 is 4.74 Å². The molecule has 0 spiro atoms. The van der Waals surface area contributed by atoms with E-state index in [1.165, 1.54) is 4.88 Å². The van der Waals surface area contributed by atoms with E-state index in [4.69, 9.17) is 10.5 Å². The van der Waals surface area contributed by atoms with Crippen LogP contribution in [0.1, 0.15) is 30.7 Å². The van der Waals surface area contributed by atoms with Crippen LogP contribution in [0.15, 0.2) is 15.9 Å². The molecular weight excluding hydrogens is 300 g/mol. The highest BCUT2D eigenvalue weighted by Gasteiger charge is 2.30. The summed E-state index contributed by atoms with van der Waals surface area (Å²) in [6.07, 6.45) is 2.29. The molecule has 2 atom stereocenters. The van der Waals surface area contributed by atoms with Crippen LogP contribution in [0, 0.1) is 0 Å². The van der Waals surface area contributed by atoms with Gasteiger partial charge in [0.05, 0.1) is 11.6 Å². The molecule has 5 heteroatoms. The summed E-state index contributed by atoms with van der Waals surface area (Å²) in [7, 11) is 0. The van der Waals surface area contributed by atoms with Crippen LogP contribution in [0.5, 0.6) is 0 Å². The Hall–Kier alpha value is 0.0600. The molecule has 1 fully saturated rings. The van der Waals surface area contributed by atoms with Gasteiger partial charge in [-0.25, -0.2) is 0 Å². The van der Waals surface area contributed by atoms with Crippen molar-refractivity contribution in [3.63, 3.8) is 0 Å². The molecule has 2 heterocycles. The Bertz CT molecular complexity index is 363. The molecule has 1 aliphatic heterocycles. The smallest absolute Gasteiger partial charge is 0.0779 e. The third-order valence-corrected chi connectivity index (χ3v) is 5.00. The lowest BCUT2D eigenvalue weighted by Gasteiger charge is -2.26. The lowest BCUT2D eigenvalue weighted by molar-refractivity contribution is 0.0190. The van der Waals surface area contributed by atoms with E-state index in [-0.39, 0.29) is 11.6 Å². The number of nitrogens with two attached hydrogens (primary N) is 1. The van der Waals surface area contributed by atoms with Crippen molar-refractivity contribution >= 4 is 27.3 Å². The Morgan fingerprint density at radius 3 is 3.06 bits per heavy atom. The van der Waals surface area contributed by atoms with Gasteiger partial charge in [-0.05, 0) is 41.8 Å². The van der Waals surface area contributed by atoms with Crippen molar-refractivity contribution in [1.82, 2.24) is 5.32 Å². The Morgan fingerprint density at radius 1 is 1.71 bits per heavy atom. The van der Waals surface area contributed by atoms with Gasteiger partial charge in [0.15, 0.2) is 0 Å². The van der Waals surface area contributed by atoms with Gasteiger partial charge >= 0.3 is 0 Å². The number of ether oxygens (including phenoxy) is 1. The van der Waals surface area contributed by atoms with Gasteiger partial charge in [0, 0.05) is 34.4 Å². The van der Waals surface area contributed by atoms with Crippen molar-refractivity contribution in [2.75, 3.05) is 19.7 Å². The first-order chi connectivity index (χ1) is 8.13. The molecule has 0 aromatic carbocycles. The van der Waals surface area contributed by atoms with E-state index in [2.05, 4.69) is 39.6 Å². The van der Waals surface area contributed by atoms with Crippen LogP contribution < -0.4 is 11.1 Å². The first kappa shape index (κ1) is 13.5. The van der Waals surface area contributed by atoms with Crippen LogP contribution in [0.25, 0.3) is 0 Å². The monoisotopic (exact) mass is 318 g/mol. The fourth-order valence-corrected chi connectivity index (χ4v) is 3.66. The molecule has 1 saturated heterocycles. The third-order valence-electron chi connectivity index (χ3n) is 3.19. The van der Waals surface area contributed by atoms with E-state index in [0.717, 1.165) is 30.5 Å². The molecule has 1 aromatic rings. The van der Waals surface area contributed by atoms with E-state index < -0.39 is 0 Å². The van der Waals surface area contributed by atoms with E-state index in [0.29, 0.717) is 6.54 Å². The standard InChI is InChI=1S/C12H19BrN2OS/c1-12(3-2-4-16-12)8-15-10(6-14)11-5-9(13)7-17-11/h5,7,10,15H,2-4,6,8,14H2,1H3. The summed E-state index contributed by atoms with van der Waals surface area (Å²) in [6.45, 7) is 4.54. The Labute approximate surface area is 115 Å². The average Bonchev–Trinajstić information content (AvgIpc) is 2.90. The third kappa shape index (κ3) is 3.51. The topological polar surface area (TPSA) is 47.3 Å². The van der Waals surface area contributed by atoms with Gasteiger partial charge in [-0.2, -0.15) is 0 Å². The average molecular weight is 319 g/mol. The molecule has 3 nitrogen and oxygen atoms in total. The van der Waals surface area contributed by atoms with E-state index >= 15 is 0 Å². The van der Waals surface area contributed by atoms with Gasteiger partial charge in [-0.3, -0.25) is 0 Å². The summed E-state index contributed by atoms with van der Waals surface area (Å²) in [4.78, 5) is 1.28. The second kappa shape index (κ2) is 5.80. The highest BCUT2D eigenvalue weighted by Crippen LogP contribution is 2.28. The molecule has 3 N–H and O–H groups in total. The molecule has 0 amide bonds. The molecule has 2 rings (SSSR count). The predicted molar refractivity (Wildman–Crippen MR) is 75.4 cm³/mol. The molecule has 0 saturated carbocycles. The van der Waals surface area contributed by atoms with Crippen LogP contribution in [-0.4, -0.2) is 25.3 Å². The van der Waals surface area contributed by atoms with Gasteiger partial charge in [0.25, 0.3) is 0 Å². The SMILES string of the molecule is CC1(CNC(CN)c2cc(Br)cs2)CCCO1. The minimum Gasteiger partial charge on any atom is -0.374 e. The van der Waals surface area contributed by atoms with Gasteiger partial charge < -0.3 is 15.8 Å². The Balaban J connectivity index is 1.91. The van der Waals surface area contributed by atoms with Crippen LogP contribution >= 0.6 is 27.3 Å². The maximum Gasteiger partial charge on any atom is 0.0779 e. The largest absolute Gasteiger partial charge is 0.374 e. The molecule has 2 unspecified atom stereocenters. The zero-order chi connectivity index (χ0) is 12.3. The highest BCUT2D eigenvalue weighted by molar-refractivity contribution is 9.10. The predicted octanol–water partition coefficient (Wildman–Crippen LogP) is 2.67. The summed E-state index contributed by atoms with van der Waals surface area (Å²) < 4.78 is 6.89. The zero-order valence-electron chi connectivity index (χ0n) is 10.0. The zero-order valence-corrected chi connectivity index (χ0v) is 12.4. The van der Waals surface area contributed by atoms with Crippen molar-refractivity contribution in [2.24, 2.45) is 5.73 Å². The minimum absolute atomic E-state index is 0.0120. The second-order valence-corrected chi connectivity index (χ2v) is 6.60. The summed E-state index contributed by atoms with van der Waals surface area (Å²) in [5, 5.41) is 5.61. The molecule has 0 radical (unpaired) electrons. The fraction of sp³-hybridized carbons (Fsp3) is 0.667. The Kier molecular flexibility index (Phi) is 4.60. The van der Waals surface area contributed by atoms with E-state index in [1.807, 2.05) is 0 Å². The number of hydrogen-bond donors (Lipinski definition) is 2. The van der Waals surface area contributed by atoms with Crippen molar-refractivity contribution in [3.8, 4) is 0 Å². The van der Waals surface area contributed by atoms with Crippen LogP contribution in [-0.2, 0) is 4.74 Å². The number of rotatable bonds is 5. The normalized spacial score (nSPS) is 26.3. The molecule has 0 bridgehead atoms. The van der Waals surface area contributed by atoms with Crippen molar-refractivity contribution in [2.45, 2.75) is 31.4 Å².